The quantitative estimate of drug-likeness (QED) is 0.808. The lowest BCUT2D eigenvalue weighted by Crippen LogP contribution is -2.41. The van der Waals surface area contributed by atoms with Crippen LogP contribution in [0.2, 0.25) is 0 Å². The first-order valence-corrected chi connectivity index (χ1v) is 8.03. The number of nitrogens with zero attached hydrogens (tertiary/aromatic N) is 5. The molecule has 1 N–H and O–H groups in total. The van der Waals surface area contributed by atoms with Gasteiger partial charge in [-0.2, -0.15) is 22.7 Å². The first-order valence-electron chi connectivity index (χ1n) is 8.03. The molecule has 0 aliphatic carbocycles. The number of carbonyl (C=O) groups excluding carboxylic acids is 1. The molecule has 0 saturated carbocycles. The van der Waals surface area contributed by atoms with Crippen molar-refractivity contribution in [2.75, 3.05) is 25.1 Å². The molecule has 3 heterocycles. The fourth-order valence-electron chi connectivity index (χ4n) is 3.07. The van der Waals surface area contributed by atoms with Gasteiger partial charge < -0.3 is 14.7 Å². The Labute approximate surface area is 146 Å². The Morgan fingerprint density at radius 2 is 2.00 bits per heavy atom. The zero-order valence-corrected chi connectivity index (χ0v) is 14.2. The molecule has 1 aliphatic heterocycles. The summed E-state index contributed by atoms with van der Waals surface area (Å²) in [7, 11) is 1.21. The fourth-order valence-corrected chi connectivity index (χ4v) is 3.07. The van der Waals surface area contributed by atoms with Crippen molar-refractivity contribution in [1.29, 1.82) is 0 Å². The molecule has 2 aromatic rings. The number of carbonyl (C=O) groups is 1. The number of aliphatic hydroxyl groups is 1. The molecular weight excluding hydrogens is 355 g/mol. The van der Waals surface area contributed by atoms with Crippen LogP contribution in [0.5, 0.6) is 0 Å². The second kappa shape index (κ2) is 6.71. The van der Waals surface area contributed by atoms with E-state index in [4.69, 9.17) is 0 Å². The van der Waals surface area contributed by atoms with Gasteiger partial charge in [-0.15, -0.1) is 5.10 Å². The summed E-state index contributed by atoms with van der Waals surface area (Å²) in [4.78, 5) is 20.8. The molecule has 0 radical (unpaired) electrons. The molecule has 1 aliphatic rings. The predicted octanol–water partition coefficient (Wildman–Crippen LogP) is 1.20. The number of piperidine rings is 1. The van der Waals surface area contributed by atoms with Crippen LogP contribution in [0.4, 0.5) is 19.0 Å². The van der Waals surface area contributed by atoms with Crippen molar-refractivity contribution in [3.05, 3.63) is 17.6 Å². The summed E-state index contributed by atoms with van der Waals surface area (Å²) < 4.78 is 44.3. The number of aryl methyl sites for hydroxylation is 1. The van der Waals surface area contributed by atoms with E-state index < -0.39 is 24.1 Å². The van der Waals surface area contributed by atoms with Gasteiger partial charge in [0, 0.05) is 24.8 Å². The molecular formula is C15H18F3N5O3. The van der Waals surface area contributed by atoms with Crippen LogP contribution in [-0.4, -0.2) is 57.0 Å². The topological polar surface area (TPSA) is 92.9 Å². The van der Waals surface area contributed by atoms with Gasteiger partial charge in [-0.05, 0) is 25.7 Å². The number of aromatic nitrogens is 4. The number of methoxy groups -OCH3 is 1. The second-order valence-electron chi connectivity index (χ2n) is 6.19. The lowest BCUT2D eigenvalue weighted by atomic mass is 9.91. The number of rotatable bonds is 3. The molecule has 2 aromatic heterocycles. The van der Waals surface area contributed by atoms with Gasteiger partial charge in [-0.25, -0.2) is 9.78 Å². The van der Waals surface area contributed by atoms with Crippen molar-refractivity contribution in [2.24, 2.45) is 5.92 Å². The zero-order valence-electron chi connectivity index (χ0n) is 14.2. The Morgan fingerprint density at radius 1 is 1.35 bits per heavy atom. The van der Waals surface area contributed by atoms with E-state index in [9.17, 15) is 23.1 Å². The van der Waals surface area contributed by atoms with Crippen molar-refractivity contribution >= 4 is 17.6 Å². The zero-order chi connectivity index (χ0) is 19.1. The van der Waals surface area contributed by atoms with E-state index in [1.807, 2.05) is 4.90 Å². The minimum absolute atomic E-state index is 0.121. The highest BCUT2D eigenvalue weighted by atomic mass is 19.4. The number of alkyl halides is 3. The molecule has 1 fully saturated rings. The van der Waals surface area contributed by atoms with Gasteiger partial charge in [0.25, 0.3) is 11.6 Å². The van der Waals surface area contributed by atoms with E-state index in [1.54, 1.807) is 13.0 Å². The number of anilines is 1. The molecule has 11 heteroatoms. The Hall–Kier alpha value is -2.43. The van der Waals surface area contributed by atoms with E-state index in [0.29, 0.717) is 37.4 Å². The monoisotopic (exact) mass is 373 g/mol. The van der Waals surface area contributed by atoms with E-state index in [0.717, 1.165) is 4.52 Å². The molecule has 1 unspecified atom stereocenters. The average molecular weight is 373 g/mol. The van der Waals surface area contributed by atoms with Gasteiger partial charge >= 0.3 is 12.1 Å². The maximum absolute atomic E-state index is 12.9. The van der Waals surface area contributed by atoms with Crippen LogP contribution >= 0.6 is 0 Å². The maximum Gasteiger partial charge on any atom is 0.453 e. The van der Waals surface area contributed by atoms with E-state index in [-0.39, 0.29) is 11.7 Å². The maximum atomic E-state index is 12.9. The molecule has 8 nitrogen and oxygen atoms in total. The summed E-state index contributed by atoms with van der Waals surface area (Å²) in [5, 5.41) is 13.5. The average Bonchev–Trinajstić information content (AvgIpc) is 3.04. The molecule has 142 valence electrons. The normalized spacial score (nSPS) is 17.5. The van der Waals surface area contributed by atoms with Gasteiger partial charge in [-0.3, -0.25) is 0 Å². The fraction of sp³-hybridized carbons (Fsp3) is 0.600. The Morgan fingerprint density at radius 3 is 2.58 bits per heavy atom. The van der Waals surface area contributed by atoms with E-state index >= 15 is 0 Å². The molecule has 3 rings (SSSR count). The highest BCUT2D eigenvalue weighted by Crippen LogP contribution is 2.29. The Bertz CT molecular complexity index is 815. The molecule has 0 amide bonds. The second-order valence-corrected chi connectivity index (χ2v) is 6.19. The van der Waals surface area contributed by atoms with Gasteiger partial charge in [0.05, 0.1) is 7.11 Å². The van der Waals surface area contributed by atoms with Crippen LogP contribution in [0.3, 0.4) is 0 Å². The molecule has 0 aromatic carbocycles. The molecule has 1 saturated heterocycles. The lowest BCUT2D eigenvalue weighted by Gasteiger charge is -2.34. The van der Waals surface area contributed by atoms with Crippen molar-refractivity contribution in [3.8, 4) is 0 Å². The van der Waals surface area contributed by atoms with Crippen LogP contribution in [-0.2, 0) is 15.7 Å². The lowest BCUT2D eigenvalue weighted by molar-refractivity contribution is -0.153. The number of halogens is 3. The van der Waals surface area contributed by atoms with Crippen LogP contribution in [0, 0.1) is 12.8 Å². The molecule has 0 bridgehead atoms. The van der Waals surface area contributed by atoms with Gasteiger partial charge in [0.2, 0.25) is 0 Å². The molecule has 26 heavy (non-hydrogen) atoms. The molecule has 1 atom stereocenters. The summed E-state index contributed by atoms with van der Waals surface area (Å²) in [5.74, 6) is -1.87. The molecule has 0 spiro atoms. The van der Waals surface area contributed by atoms with Crippen LogP contribution in [0.15, 0.2) is 6.07 Å². The van der Waals surface area contributed by atoms with Gasteiger partial charge in [0.1, 0.15) is 5.82 Å². The summed E-state index contributed by atoms with van der Waals surface area (Å²) in [6.45, 7) is 2.55. The predicted molar refractivity (Wildman–Crippen MR) is 83.5 cm³/mol. The van der Waals surface area contributed by atoms with Gasteiger partial charge in [-0.1, -0.05) is 0 Å². The van der Waals surface area contributed by atoms with Crippen molar-refractivity contribution < 1.29 is 27.8 Å². The number of hydrogen-bond donors (Lipinski definition) is 1. The third kappa shape index (κ3) is 3.43. The Balaban J connectivity index is 1.85. The van der Waals surface area contributed by atoms with E-state index in [2.05, 4.69) is 19.8 Å². The van der Waals surface area contributed by atoms with Gasteiger partial charge in [0.15, 0.2) is 6.10 Å². The number of esters is 1. The van der Waals surface area contributed by atoms with Crippen molar-refractivity contribution in [3.63, 3.8) is 0 Å². The largest absolute Gasteiger partial charge is 0.467 e. The number of fused-ring (bicyclic) bond motifs is 1. The Kier molecular flexibility index (Phi) is 4.74. The number of ether oxygens (including phenoxy) is 1. The summed E-state index contributed by atoms with van der Waals surface area (Å²) in [6.07, 6.45) is -4.89. The minimum Gasteiger partial charge on any atom is -0.467 e. The summed E-state index contributed by atoms with van der Waals surface area (Å²) in [5.41, 5.74) is 0.519. The van der Waals surface area contributed by atoms with Crippen LogP contribution < -0.4 is 4.90 Å². The third-order valence-corrected chi connectivity index (χ3v) is 4.43. The van der Waals surface area contributed by atoms with Crippen molar-refractivity contribution in [2.45, 2.75) is 32.0 Å². The summed E-state index contributed by atoms with van der Waals surface area (Å²) in [6, 6.07) is 1.64. The first-order chi connectivity index (χ1) is 12.2. The minimum atomic E-state index is -4.66. The van der Waals surface area contributed by atoms with Crippen molar-refractivity contribution in [1.82, 2.24) is 19.6 Å². The van der Waals surface area contributed by atoms with E-state index in [1.165, 1.54) is 7.11 Å². The first kappa shape index (κ1) is 18.4. The number of aliphatic hydroxyl groups excluding tert-OH is 1. The standard InChI is InChI=1S/C15H18F3N5O3/c1-8-7-10(23-14(19-8)20-13(21-23)15(16,17)18)22-5-3-9(4-6-22)11(24)12(25)26-2/h7,9,11,24H,3-6H2,1-2H3. The number of hydrogen-bond acceptors (Lipinski definition) is 7. The smallest absolute Gasteiger partial charge is 0.453 e. The van der Waals surface area contributed by atoms with Crippen LogP contribution in [0.1, 0.15) is 24.4 Å². The SMILES string of the molecule is COC(=O)C(O)C1CCN(c2cc(C)nc3nc(C(F)(F)F)nn23)CC1. The summed E-state index contributed by atoms with van der Waals surface area (Å²) >= 11 is 0. The highest BCUT2D eigenvalue weighted by molar-refractivity contribution is 5.74. The van der Waals surface area contributed by atoms with Crippen LogP contribution in [0.25, 0.3) is 5.78 Å². The third-order valence-electron chi connectivity index (χ3n) is 4.43. The highest BCUT2D eigenvalue weighted by Gasteiger charge is 2.37.